The van der Waals surface area contributed by atoms with Crippen molar-refractivity contribution in [2.75, 3.05) is 6.61 Å². The number of hydrogen-bond acceptors (Lipinski definition) is 6. The van der Waals surface area contributed by atoms with E-state index in [2.05, 4.69) is 41.5 Å². The largest absolute Gasteiger partial charge is 0.378 e. The molecule has 1 aliphatic heterocycles. The molecule has 33 heavy (non-hydrogen) atoms. The highest BCUT2D eigenvalue weighted by Gasteiger charge is 2.51. The van der Waals surface area contributed by atoms with Crippen LogP contribution in [0.4, 0.5) is 0 Å². The van der Waals surface area contributed by atoms with Crippen LogP contribution >= 0.6 is 7.60 Å². The first-order valence-corrected chi connectivity index (χ1v) is 14.9. The van der Waals surface area contributed by atoms with E-state index in [0.29, 0.717) is 35.5 Å². The Bertz CT molecular complexity index is 642. The summed E-state index contributed by atoms with van der Waals surface area (Å²) in [4.78, 5) is 0. The molecular weight excluding hydrogens is 439 g/mol. The summed E-state index contributed by atoms with van der Waals surface area (Å²) in [5, 5.41) is 11.4. The second-order valence-electron chi connectivity index (χ2n) is 12.3. The van der Waals surface area contributed by atoms with Crippen LogP contribution in [0.2, 0.25) is 0 Å². The summed E-state index contributed by atoms with van der Waals surface area (Å²) in [6, 6.07) is 0. The number of ether oxygens (including phenoxy) is 2. The summed E-state index contributed by atoms with van der Waals surface area (Å²) >= 11 is 0. The van der Waals surface area contributed by atoms with E-state index in [4.69, 9.17) is 18.5 Å². The lowest BCUT2D eigenvalue weighted by Crippen LogP contribution is -2.40. The van der Waals surface area contributed by atoms with Crippen molar-refractivity contribution in [1.29, 1.82) is 0 Å². The van der Waals surface area contributed by atoms with Crippen molar-refractivity contribution >= 4 is 7.60 Å². The topological polar surface area (TPSA) is 74.2 Å². The predicted octanol–water partition coefficient (Wildman–Crippen LogP) is 6.60. The van der Waals surface area contributed by atoms with Crippen LogP contribution in [0.5, 0.6) is 0 Å². The van der Waals surface area contributed by atoms with Gasteiger partial charge < -0.3 is 23.6 Å². The molecule has 0 aromatic heterocycles. The molecule has 7 heteroatoms. The van der Waals surface area contributed by atoms with Crippen LogP contribution in [0.3, 0.4) is 0 Å². The van der Waals surface area contributed by atoms with Gasteiger partial charge in [0.2, 0.25) is 0 Å². The van der Waals surface area contributed by atoms with Gasteiger partial charge in [-0.05, 0) is 75.0 Å². The SMILES string of the molecule is CC1CCC(C(C)C)C(OP(=O)(OC2CC(C)CCC2C(C)C)C(O)C2COC(C)(C)O2)C1. The lowest BCUT2D eigenvalue weighted by Gasteiger charge is -2.43. The molecule has 6 nitrogen and oxygen atoms in total. The summed E-state index contributed by atoms with van der Waals surface area (Å²) < 4.78 is 39.1. The maximum atomic E-state index is 14.6. The van der Waals surface area contributed by atoms with Gasteiger partial charge in [0.25, 0.3) is 0 Å². The van der Waals surface area contributed by atoms with Crippen LogP contribution < -0.4 is 0 Å². The average molecular weight is 489 g/mol. The summed E-state index contributed by atoms with van der Waals surface area (Å²) in [7, 11) is -3.91. The predicted molar refractivity (Wildman–Crippen MR) is 131 cm³/mol. The van der Waals surface area contributed by atoms with Gasteiger partial charge in [-0.3, -0.25) is 4.57 Å². The highest BCUT2D eigenvalue weighted by molar-refractivity contribution is 7.54. The molecule has 0 aromatic carbocycles. The zero-order valence-corrected chi connectivity index (χ0v) is 23.1. The Morgan fingerprint density at radius 3 is 1.70 bits per heavy atom. The molecule has 0 amide bonds. The molecule has 2 aliphatic carbocycles. The average Bonchev–Trinajstić information content (AvgIpc) is 3.06. The molecule has 1 N–H and O–H groups in total. The second-order valence-corrected chi connectivity index (χ2v) is 14.3. The lowest BCUT2D eigenvalue weighted by atomic mass is 9.75. The zero-order chi connectivity index (χ0) is 24.6. The fourth-order valence-corrected chi connectivity index (χ4v) is 8.16. The molecule has 0 spiro atoms. The number of aliphatic hydroxyl groups is 1. The minimum absolute atomic E-state index is 0.175. The van der Waals surface area contributed by atoms with Crippen molar-refractivity contribution in [1.82, 2.24) is 0 Å². The summed E-state index contributed by atoms with van der Waals surface area (Å²) in [5.41, 5.74) is 0. The van der Waals surface area contributed by atoms with Gasteiger partial charge in [-0.25, -0.2) is 0 Å². The van der Waals surface area contributed by atoms with E-state index in [9.17, 15) is 9.67 Å². The van der Waals surface area contributed by atoms with Gasteiger partial charge in [0, 0.05) is 0 Å². The Labute approximate surface area is 202 Å². The van der Waals surface area contributed by atoms with Crippen LogP contribution in [0, 0.1) is 35.5 Å². The Morgan fingerprint density at radius 2 is 1.33 bits per heavy atom. The summed E-state index contributed by atoms with van der Waals surface area (Å²) in [5.74, 6) is 0.234. The highest BCUT2D eigenvalue weighted by atomic mass is 31.2. The zero-order valence-electron chi connectivity index (χ0n) is 22.2. The van der Waals surface area contributed by atoms with Crippen LogP contribution in [-0.2, 0) is 23.1 Å². The molecule has 0 radical (unpaired) electrons. The molecule has 3 aliphatic rings. The minimum atomic E-state index is -3.91. The van der Waals surface area contributed by atoms with Crippen molar-refractivity contribution in [3.63, 3.8) is 0 Å². The number of aliphatic hydroxyl groups excluding tert-OH is 1. The number of rotatable bonds is 8. The third-order valence-electron chi connectivity index (χ3n) is 8.17. The van der Waals surface area contributed by atoms with Gasteiger partial charge in [0.1, 0.15) is 6.10 Å². The molecule has 1 heterocycles. The van der Waals surface area contributed by atoms with E-state index < -0.39 is 25.3 Å². The van der Waals surface area contributed by atoms with Crippen LogP contribution in [0.15, 0.2) is 0 Å². The fourth-order valence-electron chi connectivity index (χ4n) is 6.06. The Balaban J connectivity index is 1.89. The molecule has 8 atom stereocenters. The maximum absolute atomic E-state index is 14.6. The summed E-state index contributed by atoms with van der Waals surface area (Å²) in [6.45, 7) is 17.0. The smallest absolute Gasteiger partial charge is 0.362 e. The number of hydrogen-bond donors (Lipinski definition) is 1. The van der Waals surface area contributed by atoms with Crippen molar-refractivity contribution in [3.05, 3.63) is 0 Å². The van der Waals surface area contributed by atoms with Crippen molar-refractivity contribution in [2.24, 2.45) is 35.5 Å². The molecule has 3 rings (SSSR count). The van der Waals surface area contributed by atoms with E-state index in [1.165, 1.54) is 0 Å². The molecule has 194 valence electrons. The quantitative estimate of drug-likeness (QED) is 0.388. The fraction of sp³-hybridized carbons (Fsp3) is 1.00. The van der Waals surface area contributed by atoms with Gasteiger partial charge >= 0.3 is 7.60 Å². The van der Waals surface area contributed by atoms with Gasteiger partial charge in [-0.1, -0.05) is 54.4 Å². The second kappa shape index (κ2) is 11.0. The standard InChI is InChI=1S/C26H49O6P/c1-16(2)20-11-9-18(5)13-22(20)31-33(28,25(27)24-15-29-26(7,8)30-24)32-23-14-19(6)10-12-21(23)17(3)4/h16-25,27H,9-15H2,1-8H3. The van der Waals surface area contributed by atoms with Crippen LogP contribution in [0.1, 0.15) is 93.9 Å². The van der Waals surface area contributed by atoms with Crippen molar-refractivity contribution < 1.29 is 28.2 Å². The van der Waals surface area contributed by atoms with E-state index >= 15 is 0 Å². The Hall–Kier alpha value is 0.0300. The molecule has 3 fully saturated rings. The first-order valence-electron chi connectivity index (χ1n) is 13.3. The third kappa shape index (κ3) is 6.83. The van der Waals surface area contributed by atoms with Crippen molar-refractivity contribution in [2.45, 2.75) is 124 Å². The third-order valence-corrected chi connectivity index (χ3v) is 10.3. The molecule has 8 unspecified atom stereocenters. The Morgan fingerprint density at radius 1 is 0.879 bits per heavy atom. The van der Waals surface area contributed by atoms with Gasteiger partial charge in [-0.15, -0.1) is 0 Å². The van der Waals surface area contributed by atoms with E-state index in [0.717, 1.165) is 38.5 Å². The lowest BCUT2D eigenvalue weighted by molar-refractivity contribution is -0.147. The molecular formula is C26H49O6P. The monoisotopic (exact) mass is 488 g/mol. The van der Waals surface area contributed by atoms with Crippen molar-refractivity contribution in [3.8, 4) is 0 Å². The first-order chi connectivity index (χ1) is 15.3. The molecule has 0 bridgehead atoms. The normalized spacial score (nSPS) is 40.2. The maximum Gasteiger partial charge on any atom is 0.362 e. The van der Waals surface area contributed by atoms with E-state index in [1.54, 1.807) is 0 Å². The summed E-state index contributed by atoms with van der Waals surface area (Å²) in [6.07, 6.45) is 4.96. The van der Waals surface area contributed by atoms with Crippen LogP contribution in [0.25, 0.3) is 0 Å². The Kier molecular flexibility index (Phi) is 9.18. The van der Waals surface area contributed by atoms with Gasteiger partial charge in [-0.2, -0.15) is 0 Å². The van der Waals surface area contributed by atoms with E-state index in [-0.39, 0.29) is 18.8 Å². The molecule has 1 saturated heterocycles. The highest BCUT2D eigenvalue weighted by Crippen LogP contribution is 2.60. The molecule has 2 saturated carbocycles. The molecule has 0 aromatic rings. The van der Waals surface area contributed by atoms with Gasteiger partial charge in [0.15, 0.2) is 11.6 Å². The van der Waals surface area contributed by atoms with Gasteiger partial charge in [0.05, 0.1) is 18.8 Å². The van der Waals surface area contributed by atoms with Crippen LogP contribution in [-0.4, -0.2) is 41.7 Å². The minimum Gasteiger partial charge on any atom is -0.378 e. The first kappa shape index (κ1) is 27.6. The van der Waals surface area contributed by atoms with E-state index in [1.807, 2.05) is 13.8 Å².